The van der Waals surface area contributed by atoms with Crippen LogP contribution in [0.3, 0.4) is 0 Å². The van der Waals surface area contributed by atoms with Crippen molar-refractivity contribution in [3.63, 3.8) is 0 Å². The van der Waals surface area contributed by atoms with Gasteiger partial charge in [-0.2, -0.15) is 0 Å². The first-order valence-electron chi connectivity index (χ1n) is 5.77. The van der Waals surface area contributed by atoms with Gasteiger partial charge in [-0.1, -0.05) is 48.9 Å². The van der Waals surface area contributed by atoms with Gasteiger partial charge in [0, 0.05) is 0 Å². The first-order valence-corrected chi connectivity index (χ1v) is 5.77. The summed E-state index contributed by atoms with van der Waals surface area (Å²) in [5, 5.41) is 0. The van der Waals surface area contributed by atoms with Crippen molar-refractivity contribution in [1.29, 1.82) is 0 Å². The molecule has 1 aromatic carbocycles. The quantitative estimate of drug-likeness (QED) is 0.632. The molecule has 0 unspecified atom stereocenters. The van der Waals surface area contributed by atoms with Crippen molar-refractivity contribution < 1.29 is 0 Å². The molecule has 1 aliphatic carbocycles. The summed E-state index contributed by atoms with van der Waals surface area (Å²) in [5.74, 6) is 0. The fraction of sp³-hybridized carbons (Fsp3) is 0.333. The molecule has 0 amide bonds. The molecular weight excluding hydrogens is 180 g/mol. The van der Waals surface area contributed by atoms with Crippen LogP contribution in [-0.4, -0.2) is 0 Å². The minimum Gasteiger partial charge on any atom is -0.0913 e. The van der Waals surface area contributed by atoms with Gasteiger partial charge in [-0.3, -0.25) is 0 Å². The average molecular weight is 198 g/mol. The lowest BCUT2D eigenvalue weighted by Gasteiger charge is -2.03. The summed E-state index contributed by atoms with van der Waals surface area (Å²) in [4.78, 5) is 0. The van der Waals surface area contributed by atoms with Gasteiger partial charge in [0.1, 0.15) is 0 Å². The van der Waals surface area contributed by atoms with Crippen molar-refractivity contribution in [2.45, 2.75) is 33.1 Å². The highest BCUT2D eigenvalue weighted by Crippen LogP contribution is 2.36. The van der Waals surface area contributed by atoms with E-state index in [-0.39, 0.29) is 0 Å². The SMILES string of the molecule is C/C=C/CC1=C(CC)Cc2ccccc21. The van der Waals surface area contributed by atoms with E-state index >= 15 is 0 Å². The molecular formula is C15H18. The molecule has 1 aliphatic rings. The fourth-order valence-corrected chi connectivity index (χ4v) is 2.32. The van der Waals surface area contributed by atoms with E-state index < -0.39 is 0 Å². The van der Waals surface area contributed by atoms with Gasteiger partial charge in [0.2, 0.25) is 0 Å². The van der Waals surface area contributed by atoms with E-state index in [1.807, 2.05) is 0 Å². The first-order chi connectivity index (χ1) is 7.36. The second kappa shape index (κ2) is 4.48. The zero-order valence-corrected chi connectivity index (χ0v) is 9.59. The Balaban J connectivity index is 2.37. The van der Waals surface area contributed by atoms with Crippen molar-refractivity contribution in [2.75, 3.05) is 0 Å². The highest BCUT2D eigenvalue weighted by molar-refractivity contribution is 5.77. The molecule has 2 rings (SSSR count). The van der Waals surface area contributed by atoms with Gasteiger partial charge >= 0.3 is 0 Å². The van der Waals surface area contributed by atoms with Crippen LogP contribution in [0.15, 0.2) is 42.0 Å². The molecule has 0 aromatic heterocycles. The lowest BCUT2D eigenvalue weighted by atomic mass is 10.0. The summed E-state index contributed by atoms with van der Waals surface area (Å²) in [6, 6.07) is 8.81. The monoisotopic (exact) mass is 198 g/mol. The summed E-state index contributed by atoms with van der Waals surface area (Å²) in [6.45, 7) is 4.35. The van der Waals surface area contributed by atoms with Gasteiger partial charge in [0.05, 0.1) is 0 Å². The second-order valence-electron chi connectivity index (χ2n) is 4.04. The maximum absolute atomic E-state index is 2.26. The molecule has 0 nitrogen and oxygen atoms in total. The van der Waals surface area contributed by atoms with E-state index in [4.69, 9.17) is 0 Å². The Morgan fingerprint density at radius 2 is 2.07 bits per heavy atom. The van der Waals surface area contributed by atoms with Crippen molar-refractivity contribution in [3.05, 3.63) is 53.1 Å². The van der Waals surface area contributed by atoms with Crippen LogP contribution in [0.4, 0.5) is 0 Å². The predicted molar refractivity (Wildman–Crippen MR) is 66.8 cm³/mol. The molecule has 0 bridgehead atoms. The molecule has 0 saturated carbocycles. The number of rotatable bonds is 3. The van der Waals surface area contributed by atoms with Crippen LogP contribution in [0, 0.1) is 0 Å². The summed E-state index contributed by atoms with van der Waals surface area (Å²) in [5.41, 5.74) is 6.17. The molecule has 0 aliphatic heterocycles. The zero-order chi connectivity index (χ0) is 10.7. The number of hydrogen-bond donors (Lipinski definition) is 0. The van der Waals surface area contributed by atoms with Gasteiger partial charge < -0.3 is 0 Å². The van der Waals surface area contributed by atoms with Crippen LogP contribution in [0.5, 0.6) is 0 Å². The normalized spacial score (nSPS) is 15.1. The van der Waals surface area contributed by atoms with Gasteiger partial charge in [-0.25, -0.2) is 0 Å². The van der Waals surface area contributed by atoms with Crippen LogP contribution in [-0.2, 0) is 6.42 Å². The minimum atomic E-state index is 1.09. The molecule has 0 N–H and O–H groups in total. The highest BCUT2D eigenvalue weighted by atomic mass is 14.2. The van der Waals surface area contributed by atoms with E-state index in [0.29, 0.717) is 0 Å². The number of fused-ring (bicyclic) bond motifs is 1. The van der Waals surface area contributed by atoms with E-state index in [0.717, 1.165) is 6.42 Å². The van der Waals surface area contributed by atoms with Gasteiger partial charge in [0.25, 0.3) is 0 Å². The molecule has 78 valence electrons. The average Bonchev–Trinajstić information content (AvgIpc) is 2.64. The van der Waals surface area contributed by atoms with Crippen molar-refractivity contribution >= 4 is 5.57 Å². The van der Waals surface area contributed by atoms with Crippen LogP contribution in [0.1, 0.15) is 37.8 Å². The third kappa shape index (κ3) is 1.90. The Morgan fingerprint density at radius 1 is 1.27 bits per heavy atom. The van der Waals surface area contributed by atoms with E-state index in [1.54, 1.807) is 11.1 Å². The third-order valence-electron chi connectivity index (χ3n) is 3.16. The first kappa shape index (κ1) is 10.2. The Kier molecular flexibility index (Phi) is 3.05. The molecule has 15 heavy (non-hydrogen) atoms. The van der Waals surface area contributed by atoms with Crippen molar-refractivity contribution in [2.24, 2.45) is 0 Å². The van der Waals surface area contributed by atoms with Gasteiger partial charge in [-0.05, 0) is 42.9 Å². The molecule has 0 atom stereocenters. The topological polar surface area (TPSA) is 0 Å². The van der Waals surface area contributed by atoms with Crippen LogP contribution in [0.2, 0.25) is 0 Å². The second-order valence-corrected chi connectivity index (χ2v) is 4.04. The Labute approximate surface area is 92.3 Å². The summed E-state index contributed by atoms with van der Waals surface area (Å²) in [6.07, 6.45) is 7.84. The van der Waals surface area contributed by atoms with E-state index in [9.17, 15) is 0 Å². The smallest absolute Gasteiger partial charge is 0.00550 e. The predicted octanol–water partition coefficient (Wildman–Crippen LogP) is 4.37. The van der Waals surface area contributed by atoms with Gasteiger partial charge in [-0.15, -0.1) is 0 Å². The highest BCUT2D eigenvalue weighted by Gasteiger charge is 2.18. The van der Waals surface area contributed by atoms with Crippen molar-refractivity contribution in [1.82, 2.24) is 0 Å². The number of benzene rings is 1. The lowest BCUT2D eigenvalue weighted by Crippen LogP contribution is -1.82. The number of hydrogen-bond acceptors (Lipinski definition) is 0. The number of allylic oxidation sites excluding steroid dienone is 4. The minimum absolute atomic E-state index is 1.09. The summed E-state index contributed by atoms with van der Waals surface area (Å²) >= 11 is 0. The molecule has 0 spiro atoms. The molecule has 0 heteroatoms. The lowest BCUT2D eigenvalue weighted by molar-refractivity contribution is 1.03. The maximum Gasteiger partial charge on any atom is -0.00550 e. The largest absolute Gasteiger partial charge is 0.0913 e. The van der Waals surface area contributed by atoms with Crippen LogP contribution < -0.4 is 0 Å². The molecule has 0 saturated heterocycles. The molecule has 0 fully saturated rings. The molecule has 1 aromatic rings. The van der Waals surface area contributed by atoms with Crippen LogP contribution in [0.25, 0.3) is 5.57 Å². The Morgan fingerprint density at radius 3 is 2.80 bits per heavy atom. The Hall–Kier alpha value is -1.30. The fourth-order valence-electron chi connectivity index (χ4n) is 2.32. The molecule has 0 radical (unpaired) electrons. The standard InChI is InChI=1S/C15H18/c1-3-5-9-14-12(4-2)11-13-8-6-7-10-15(13)14/h3,5-8,10H,4,9,11H2,1-2H3/b5-3+. The van der Waals surface area contributed by atoms with Crippen molar-refractivity contribution in [3.8, 4) is 0 Å². The molecule has 0 heterocycles. The van der Waals surface area contributed by atoms with Gasteiger partial charge in [0.15, 0.2) is 0 Å². The summed E-state index contributed by atoms with van der Waals surface area (Å²) in [7, 11) is 0. The third-order valence-corrected chi connectivity index (χ3v) is 3.16. The van der Waals surface area contributed by atoms with E-state index in [1.165, 1.54) is 24.0 Å². The summed E-state index contributed by atoms with van der Waals surface area (Å²) < 4.78 is 0. The maximum atomic E-state index is 2.26. The van der Waals surface area contributed by atoms with E-state index in [2.05, 4.69) is 50.3 Å². The van der Waals surface area contributed by atoms with Crippen LogP contribution >= 0.6 is 0 Å². The Bertz CT molecular complexity index is 408. The zero-order valence-electron chi connectivity index (χ0n) is 9.59.